The van der Waals surface area contributed by atoms with E-state index in [1.54, 1.807) is 0 Å². The van der Waals surface area contributed by atoms with Gasteiger partial charge in [-0.05, 0) is 45.8 Å². The van der Waals surface area contributed by atoms with E-state index < -0.39 is 0 Å². The van der Waals surface area contributed by atoms with Crippen LogP contribution in [0.25, 0.3) is 0 Å². The highest BCUT2D eigenvalue weighted by Gasteiger charge is 2.04. The fourth-order valence-corrected chi connectivity index (χ4v) is 2.31. The number of halogens is 2. The molecular formula is C15H16BrClN2. The summed E-state index contributed by atoms with van der Waals surface area (Å²) in [7, 11) is 4.08. The molecule has 0 atom stereocenters. The van der Waals surface area contributed by atoms with Crippen molar-refractivity contribution in [2.24, 2.45) is 0 Å². The second kappa shape index (κ2) is 6.31. The lowest BCUT2D eigenvalue weighted by atomic mass is 10.2. The van der Waals surface area contributed by atoms with Crippen LogP contribution in [-0.2, 0) is 6.54 Å². The molecular weight excluding hydrogens is 324 g/mol. The van der Waals surface area contributed by atoms with Gasteiger partial charge in [0.25, 0.3) is 0 Å². The molecule has 0 bridgehead atoms. The highest BCUT2D eigenvalue weighted by Crippen LogP contribution is 2.26. The third kappa shape index (κ3) is 3.64. The van der Waals surface area contributed by atoms with Crippen molar-refractivity contribution in [3.8, 4) is 0 Å². The lowest BCUT2D eigenvalue weighted by Gasteiger charge is -2.18. The van der Waals surface area contributed by atoms with E-state index in [-0.39, 0.29) is 0 Å². The highest BCUT2D eigenvalue weighted by atomic mass is 79.9. The summed E-state index contributed by atoms with van der Waals surface area (Å²) in [6, 6.07) is 14.2. The molecule has 0 spiro atoms. The molecule has 0 aliphatic carbocycles. The Bertz CT molecular complexity index is 570. The third-order valence-electron chi connectivity index (χ3n) is 2.85. The molecule has 0 aliphatic rings. The molecule has 0 heterocycles. The zero-order chi connectivity index (χ0) is 13.8. The topological polar surface area (TPSA) is 15.3 Å². The van der Waals surface area contributed by atoms with Crippen LogP contribution < -0.4 is 10.2 Å². The fraction of sp³-hybridized carbons (Fsp3) is 0.200. The third-order valence-corrected chi connectivity index (χ3v) is 4.09. The number of hydrogen-bond donors (Lipinski definition) is 1. The molecule has 0 aromatic heterocycles. The lowest BCUT2D eigenvalue weighted by molar-refractivity contribution is 1.10. The monoisotopic (exact) mass is 338 g/mol. The standard InChI is InChI=1S/C15H16BrClN2/c1-19(2)15-6-4-3-5-14(15)18-10-11-7-8-12(16)13(17)9-11/h3-9,18H,10H2,1-2H3. The number of para-hydroxylation sites is 2. The molecule has 0 radical (unpaired) electrons. The van der Waals surface area contributed by atoms with Crippen LogP contribution in [0.15, 0.2) is 46.9 Å². The van der Waals surface area contributed by atoms with Gasteiger partial charge in [0.1, 0.15) is 0 Å². The van der Waals surface area contributed by atoms with E-state index in [9.17, 15) is 0 Å². The Kier molecular flexibility index (Phi) is 4.72. The van der Waals surface area contributed by atoms with Gasteiger partial charge in [0.15, 0.2) is 0 Å². The van der Waals surface area contributed by atoms with Crippen LogP contribution in [0.4, 0.5) is 11.4 Å². The van der Waals surface area contributed by atoms with Crippen LogP contribution in [0.5, 0.6) is 0 Å². The Labute approximate surface area is 127 Å². The minimum atomic E-state index is 0.736. The van der Waals surface area contributed by atoms with Crippen LogP contribution in [-0.4, -0.2) is 14.1 Å². The van der Waals surface area contributed by atoms with Crippen LogP contribution >= 0.6 is 27.5 Å². The van der Waals surface area contributed by atoms with E-state index in [4.69, 9.17) is 11.6 Å². The molecule has 4 heteroatoms. The molecule has 0 fully saturated rings. The molecule has 0 unspecified atom stereocenters. The molecule has 0 aliphatic heterocycles. The van der Waals surface area contributed by atoms with E-state index in [1.165, 1.54) is 5.69 Å². The zero-order valence-electron chi connectivity index (χ0n) is 11.0. The Morgan fingerprint density at radius 1 is 1.16 bits per heavy atom. The minimum Gasteiger partial charge on any atom is -0.379 e. The van der Waals surface area contributed by atoms with Crippen LogP contribution in [0.3, 0.4) is 0 Å². The van der Waals surface area contributed by atoms with E-state index >= 15 is 0 Å². The molecule has 19 heavy (non-hydrogen) atoms. The molecule has 1 N–H and O–H groups in total. The summed E-state index contributed by atoms with van der Waals surface area (Å²) in [5, 5.41) is 4.18. The lowest BCUT2D eigenvalue weighted by Crippen LogP contribution is -2.12. The molecule has 0 saturated heterocycles. The average molecular weight is 340 g/mol. The highest BCUT2D eigenvalue weighted by molar-refractivity contribution is 9.10. The van der Waals surface area contributed by atoms with Crippen molar-refractivity contribution >= 4 is 38.9 Å². The second-order valence-corrected chi connectivity index (χ2v) is 5.78. The first-order valence-electron chi connectivity index (χ1n) is 6.02. The molecule has 2 rings (SSSR count). The predicted molar refractivity (Wildman–Crippen MR) is 87.2 cm³/mol. The Balaban J connectivity index is 2.12. The van der Waals surface area contributed by atoms with Gasteiger partial charge in [0, 0.05) is 25.1 Å². The van der Waals surface area contributed by atoms with Crippen LogP contribution in [0.1, 0.15) is 5.56 Å². The number of benzene rings is 2. The number of hydrogen-bond acceptors (Lipinski definition) is 2. The van der Waals surface area contributed by atoms with Crippen molar-refractivity contribution in [1.82, 2.24) is 0 Å². The maximum Gasteiger partial charge on any atom is 0.0596 e. The summed E-state index contributed by atoms with van der Waals surface area (Å²) in [4.78, 5) is 2.09. The van der Waals surface area contributed by atoms with E-state index in [0.717, 1.165) is 27.3 Å². The maximum absolute atomic E-state index is 6.09. The van der Waals surface area contributed by atoms with Gasteiger partial charge in [-0.3, -0.25) is 0 Å². The molecule has 0 saturated carbocycles. The van der Waals surface area contributed by atoms with Gasteiger partial charge in [0.2, 0.25) is 0 Å². The largest absolute Gasteiger partial charge is 0.379 e. The second-order valence-electron chi connectivity index (χ2n) is 4.51. The van der Waals surface area contributed by atoms with E-state index in [0.29, 0.717) is 0 Å². The van der Waals surface area contributed by atoms with Gasteiger partial charge in [0.05, 0.1) is 16.4 Å². The van der Waals surface area contributed by atoms with E-state index in [2.05, 4.69) is 44.3 Å². The van der Waals surface area contributed by atoms with Crippen molar-refractivity contribution < 1.29 is 0 Å². The summed E-state index contributed by atoms with van der Waals surface area (Å²) >= 11 is 9.49. The first kappa shape index (κ1) is 14.2. The first-order valence-corrected chi connectivity index (χ1v) is 7.19. The Morgan fingerprint density at radius 2 is 1.89 bits per heavy atom. The predicted octanol–water partition coefficient (Wildman–Crippen LogP) is 4.78. The Hall–Kier alpha value is -1.19. The Morgan fingerprint density at radius 3 is 2.58 bits per heavy atom. The molecule has 0 amide bonds. The minimum absolute atomic E-state index is 0.736. The van der Waals surface area contributed by atoms with Crippen LogP contribution in [0.2, 0.25) is 5.02 Å². The zero-order valence-corrected chi connectivity index (χ0v) is 13.3. The van der Waals surface area contributed by atoms with Gasteiger partial charge in [-0.25, -0.2) is 0 Å². The molecule has 2 aromatic rings. The van der Waals surface area contributed by atoms with Crippen molar-refractivity contribution in [1.29, 1.82) is 0 Å². The molecule has 2 nitrogen and oxygen atoms in total. The van der Waals surface area contributed by atoms with Crippen molar-refractivity contribution in [2.45, 2.75) is 6.54 Å². The van der Waals surface area contributed by atoms with Crippen LogP contribution in [0, 0.1) is 0 Å². The van der Waals surface area contributed by atoms with Gasteiger partial charge in [-0.2, -0.15) is 0 Å². The average Bonchev–Trinajstić information content (AvgIpc) is 2.40. The maximum atomic E-state index is 6.09. The van der Waals surface area contributed by atoms with Crippen molar-refractivity contribution in [3.63, 3.8) is 0 Å². The summed E-state index contributed by atoms with van der Waals surface area (Å²) in [6.45, 7) is 0.748. The first-order chi connectivity index (χ1) is 9.08. The molecule has 100 valence electrons. The van der Waals surface area contributed by atoms with Gasteiger partial charge < -0.3 is 10.2 Å². The quantitative estimate of drug-likeness (QED) is 0.862. The summed E-state index contributed by atoms with van der Waals surface area (Å²) in [6.07, 6.45) is 0. The van der Waals surface area contributed by atoms with E-state index in [1.807, 2.05) is 38.4 Å². The van der Waals surface area contributed by atoms with Crippen molar-refractivity contribution in [2.75, 3.05) is 24.3 Å². The smallest absolute Gasteiger partial charge is 0.0596 e. The number of rotatable bonds is 4. The number of anilines is 2. The fourth-order valence-electron chi connectivity index (χ4n) is 1.86. The van der Waals surface area contributed by atoms with Crippen molar-refractivity contribution in [3.05, 3.63) is 57.5 Å². The summed E-state index contributed by atoms with van der Waals surface area (Å²) < 4.78 is 0.923. The SMILES string of the molecule is CN(C)c1ccccc1NCc1ccc(Br)c(Cl)c1. The van der Waals surface area contributed by atoms with Gasteiger partial charge in [-0.1, -0.05) is 29.8 Å². The number of nitrogens with zero attached hydrogens (tertiary/aromatic N) is 1. The van der Waals surface area contributed by atoms with Gasteiger partial charge >= 0.3 is 0 Å². The molecule has 2 aromatic carbocycles. The summed E-state index contributed by atoms with van der Waals surface area (Å²) in [5.74, 6) is 0. The summed E-state index contributed by atoms with van der Waals surface area (Å²) in [5.41, 5.74) is 3.44. The number of nitrogens with one attached hydrogen (secondary N) is 1. The van der Waals surface area contributed by atoms with Gasteiger partial charge in [-0.15, -0.1) is 0 Å². The normalized spacial score (nSPS) is 10.3.